The maximum absolute atomic E-state index is 12.3. The highest BCUT2D eigenvalue weighted by molar-refractivity contribution is 6.30. The van der Waals surface area contributed by atoms with Gasteiger partial charge in [0.1, 0.15) is 11.5 Å². The van der Waals surface area contributed by atoms with Gasteiger partial charge >= 0.3 is 6.61 Å². The van der Waals surface area contributed by atoms with Crippen LogP contribution in [0.5, 0.6) is 5.75 Å². The number of furan rings is 1. The predicted molar refractivity (Wildman–Crippen MR) is 72.0 cm³/mol. The molecule has 1 heterocycles. The standard InChI is InChI=1S/C14H14ClF2NO2/c1-9(12-3-2-6-19-12)18-8-10-7-11(15)4-5-13(10)20-14(16)17/h2-7,9,14,18H,8H2,1H3/t9-/m1/s1. The first kappa shape index (κ1) is 14.8. The highest BCUT2D eigenvalue weighted by Crippen LogP contribution is 2.25. The zero-order valence-corrected chi connectivity index (χ0v) is 11.5. The van der Waals surface area contributed by atoms with Gasteiger partial charge in [-0.05, 0) is 37.3 Å². The van der Waals surface area contributed by atoms with Crippen LogP contribution in [0.2, 0.25) is 5.02 Å². The number of hydrogen-bond acceptors (Lipinski definition) is 3. The Labute approximate surface area is 120 Å². The molecule has 0 saturated carbocycles. The molecule has 0 aliphatic heterocycles. The number of alkyl halides is 2. The fourth-order valence-corrected chi connectivity index (χ4v) is 1.99. The quantitative estimate of drug-likeness (QED) is 0.859. The van der Waals surface area contributed by atoms with Gasteiger partial charge in [-0.2, -0.15) is 8.78 Å². The van der Waals surface area contributed by atoms with E-state index in [1.54, 1.807) is 18.4 Å². The van der Waals surface area contributed by atoms with E-state index >= 15 is 0 Å². The third kappa shape index (κ3) is 3.95. The van der Waals surface area contributed by atoms with Gasteiger partial charge in [0.2, 0.25) is 0 Å². The molecule has 3 nitrogen and oxygen atoms in total. The summed E-state index contributed by atoms with van der Waals surface area (Å²) in [6.45, 7) is -0.612. The summed E-state index contributed by atoms with van der Waals surface area (Å²) in [5.74, 6) is 0.881. The van der Waals surface area contributed by atoms with Gasteiger partial charge < -0.3 is 14.5 Å². The van der Waals surface area contributed by atoms with Crippen LogP contribution in [0.4, 0.5) is 8.78 Å². The smallest absolute Gasteiger partial charge is 0.387 e. The van der Waals surface area contributed by atoms with E-state index in [9.17, 15) is 8.78 Å². The van der Waals surface area contributed by atoms with Crippen LogP contribution in [0.15, 0.2) is 41.0 Å². The van der Waals surface area contributed by atoms with Gasteiger partial charge in [-0.3, -0.25) is 0 Å². The molecule has 0 saturated heterocycles. The molecule has 0 amide bonds. The lowest BCUT2D eigenvalue weighted by Gasteiger charge is -2.15. The van der Waals surface area contributed by atoms with Crippen LogP contribution < -0.4 is 10.1 Å². The summed E-state index contributed by atoms with van der Waals surface area (Å²) in [4.78, 5) is 0. The van der Waals surface area contributed by atoms with E-state index in [1.807, 2.05) is 13.0 Å². The Bertz CT molecular complexity index is 546. The van der Waals surface area contributed by atoms with E-state index in [-0.39, 0.29) is 11.8 Å². The van der Waals surface area contributed by atoms with Crippen LogP contribution in [0.3, 0.4) is 0 Å². The molecule has 0 aliphatic rings. The molecule has 6 heteroatoms. The van der Waals surface area contributed by atoms with E-state index < -0.39 is 6.61 Å². The van der Waals surface area contributed by atoms with Gasteiger partial charge in [0, 0.05) is 17.1 Å². The van der Waals surface area contributed by atoms with Crippen molar-refractivity contribution in [2.75, 3.05) is 0 Å². The molecule has 0 aliphatic carbocycles. The van der Waals surface area contributed by atoms with Gasteiger partial charge in [-0.1, -0.05) is 11.6 Å². The van der Waals surface area contributed by atoms with Gasteiger partial charge in [-0.15, -0.1) is 0 Å². The van der Waals surface area contributed by atoms with E-state index in [0.717, 1.165) is 5.76 Å². The van der Waals surface area contributed by atoms with Crippen molar-refractivity contribution in [3.8, 4) is 5.75 Å². The van der Waals surface area contributed by atoms with Crippen molar-refractivity contribution in [3.63, 3.8) is 0 Å². The molecular weight excluding hydrogens is 288 g/mol. The zero-order valence-electron chi connectivity index (χ0n) is 10.8. The molecule has 1 N–H and O–H groups in total. The number of ether oxygens (including phenoxy) is 1. The number of nitrogens with one attached hydrogen (secondary N) is 1. The molecule has 1 aromatic heterocycles. The number of halogens is 3. The lowest BCUT2D eigenvalue weighted by molar-refractivity contribution is -0.0505. The van der Waals surface area contributed by atoms with Crippen LogP contribution in [0.25, 0.3) is 0 Å². The van der Waals surface area contributed by atoms with Crippen molar-refractivity contribution in [1.82, 2.24) is 5.32 Å². The Hall–Kier alpha value is -1.59. The van der Waals surface area contributed by atoms with Crippen molar-refractivity contribution in [1.29, 1.82) is 0 Å². The molecule has 0 fully saturated rings. The summed E-state index contributed by atoms with van der Waals surface area (Å²) in [7, 11) is 0. The highest BCUT2D eigenvalue weighted by Gasteiger charge is 2.12. The van der Waals surface area contributed by atoms with Crippen molar-refractivity contribution in [2.45, 2.75) is 26.1 Å². The predicted octanol–water partition coefficient (Wildman–Crippen LogP) is 4.39. The Balaban J connectivity index is 2.06. The molecule has 1 atom stereocenters. The largest absolute Gasteiger partial charge is 0.468 e. The summed E-state index contributed by atoms with van der Waals surface area (Å²) in [5.41, 5.74) is 0.566. The first-order chi connectivity index (χ1) is 9.56. The van der Waals surface area contributed by atoms with Gasteiger partial charge in [-0.25, -0.2) is 0 Å². The third-order valence-electron chi connectivity index (χ3n) is 2.81. The second kappa shape index (κ2) is 6.72. The Kier molecular flexibility index (Phi) is 4.98. The first-order valence-corrected chi connectivity index (χ1v) is 6.44. The van der Waals surface area contributed by atoms with Crippen LogP contribution in [-0.2, 0) is 6.54 Å². The maximum Gasteiger partial charge on any atom is 0.387 e. The molecule has 1 aromatic carbocycles. The Morgan fingerprint density at radius 2 is 2.15 bits per heavy atom. The zero-order chi connectivity index (χ0) is 14.5. The monoisotopic (exact) mass is 301 g/mol. The Morgan fingerprint density at radius 1 is 1.35 bits per heavy atom. The van der Waals surface area contributed by atoms with Crippen molar-refractivity contribution < 1.29 is 17.9 Å². The normalized spacial score (nSPS) is 12.7. The Morgan fingerprint density at radius 3 is 2.80 bits per heavy atom. The summed E-state index contributed by atoms with van der Waals surface area (Å²) >= 11 is 5.88. The third-order valence-corrected chi connectivity index (χ3v) is 3.04. The maximum atomic E-state index is 12.3. The van der Waals surface area contributed by atoms with Crippen LogP contribution >= 0.6 is 11.6 Å². The van der Waals surface area contributed by atoms with Gasteiger partial charge in [0.25, 0.3) is 0 Å². The van der Waals surface area contributed by atoms with Crippen LogP contribution in [-0.4, -0.2) is 6.61 Å². The fourth-order valence-electron chi connectivity index (χ4n) is 1.80. The van der Waals surface area contributed by atoms with E-state index in [4.69, 9.17) is 16.0 Å². The minimum Gasteiger partial charge on any atom is -0.468 e. The SMILES string of the molecule is C[C@@H](NCc1cc(Cl)ccc1OC(F)F)c1ccco1. The minimum absolute atomic E-state index is 0.0524. The lowest BCUT2D eigenvalue weighted by atomic mass is 10.1. The van der Waals surface area contributed by atoms with Crippen molar-refractivity contribution in [2.24, 2.45) is 0 Å². The van der Waals surface area contributed by atoms with Crippen molar-refractivity contribution in [3.05, 3.63) is 52.9 Å². The van der Waals surface area contributed by atoms with Crippen LogP contribution in [0, 0.1) is 0 Å². The molecule has 0 spiro atoms. The minimum atomic E-state index is -2.86. The molecule has 0 unspecified atom stereocenters. The second-order valence-electron chi connectivity index (χ2n) is 4.25. The number of benzene rings is 1. The second-order valence-corrected chi connectivity index (χ2v) is 4.68. The summed E-state index contributed by atoms with van der Waals surface area (Å²) < 4.78 is 34.4. The molecule has 0 radical (unpaired) electrons. The van der Waals surface area contributed by atoms with Crippen molar-refractivity contribution >= 4 is 11.6 Å². The van der Waals surface area contributed by atoms with Gasteiger partial charge in [0.05, 0.1) is 12.3 Å². The molecule has 108 valence electrons. The molecule has 2 aromatic rings. The topological polar surface area (TPSA) is 34.4 Å². The van der Waals surface area contributed by atoms with Gasteiger partial charge in [0.15, 0.2) is 0 Å². The van der Waals surface area contributed by atoms with E-state index in [2.05, 4.69) is 10.1 Å². The molecular formula is C14H14ClF2NO2. The fraction of sp³-hybridized carbons (Fsp3) is 0.286. The highest BCUT2D eigenvalue weighted by atomic mass is 35.5. The molecule has 2 rings (SSSR count). The summed E-state index contributed by atoms with van der Waals surface area (Å²) in [6, 6.07) is 8.12. The lowest BCUT2D eigenvalue weighted by Crippen LogP contribution is -2.18. The first-order valence-electron chi connectivity index (χ1n) is 6.06. The molecule has 20 heavy (non-hydrogen) atoms. The van der Waals surface area contributed by atoms with Crippen LogP contribution in [0.1, 0.15) is 24.3 Å². The number of hydrogen-bond donors (Lipinski definition) is 1. The molecule has 0 bridgehead atoms. The summed E-state index contributed by atoms with van der Waals surface area (Å²) in [5, 5.41) is 3.63. The average molecular weight is 302 g/mol. The number of rotatable bonds is 6. The van der Waals surface area contributed by atoms with E-state index in [1.165, 1.54) is 12.1 Å². The average Bonchev–Trinajstić information content (AvgIpc) is 2.92. The summed E-state index contributed by atoms with van der Waals surface area (Å²) in [6.07, 6.45) is 1.58. The van der Waals surface area contributed by atoms with E-state index in [0.29, 0.717) is 17.1 Å².